The molecule has 1 aliphatic heterocycles. The van der Waals surface area contributed by atoms with E-state index < -0.39 is 11.7 Å². The molecule has 0 radical (unpaired) electrons. The fourth-order valence-corrected chi connectivity index (χ4v) is 2.89. The SMILES string of the molecule is OCC1CCn2c(cnc2Cc2ccc(C(F)(F)F)cc2)C1. The summed E-state index contributed by atoms with van der Waals surface area (Å²) in [5.74, 6) is 1.15. The minimum absolute atomic E-state index is 0.180. The molecule has 0 saturated carbocycles. The third-order valence-corrected chi connectivity index (χ3v) is 4.18. The first kappa shape index (κ1) is 15.1. The zero-order valence-corrected chi connectivity index (χ0v) is 12.0. The lowest BCUT2D eigenvalue weighted by Gasteiger charge is -2.23. The quantitative estimate of drug-likeness (QED) is 0.946. The van der Waals surface area contributed by atoms with Crippen molar-refractivity contribution in [3.8, 4) is 0 Å². The molecule has 1 aliphatic rings. The van der Waals surface area contributed by atoms with Gasteiger partial charge in [-0.2, -0.15) is 13.2 Å². The van der Waals surface area contributed by atoms with Gasteiger partial charge in [-0.1, -0.05) is 12.1 Å². The molecular weight excluding hydrogens is 293 g/mol. The average Bonchev–Trinajstić information content (AvgIpc) is 2.89. The van der Waals surface area contributed by atoms with Gasteiger partial charge in [0.2, 0.25) is 0 Å². The summed E-state index contributed by atoms with van der Waals surface area (Å²) < 4.78 is 39.8. The molecule has 0 aliphatic carbocycles. The summed E-state index contributed by atoms with van der Waals surface area (Å²) in [5.41, 5.74) is 1.27. The number of aliphatic hydroxyl groups excluding tert-OH is 1. The second-order valence-corrected chi connectivity index (χ2v) is 5.73. The summed E-state index contributed by atoms with van der Waals surface area (Å²) in [5, 5.41) is 9.23. The van der Waals surface area contributed by atoms with Crippen LogP contribution in [0.1, 0.15) is 29.1 Å². The number of halogens is 3. The van der Waals surface area contributed by atoms with Gasteiger partial charge in [-0.3, -0.25) is 0 Å². The van der Waals surface area contributed by atoms with E-state index in [0.717, 1.165) is 48.6 Å². The van der Waals surface area contributed by atoms with E-state index in [0.29, 0.717) is 6.42 Å². The Morgan fingerprint density at radius 3 is 2.59 bits per heavy atom. The van der Waals surface area contributed by atoms with E-state index in [9.17, 15) is 18.3 Å². The molecule has 0 fully saturated rings. The van der Waals surface area contributed by atoms with E-state index in [2.05, 4.69) is 9.55 Å². The number of fused-ring (bicyclic) bond motifs is 1. The van der Waals surface area contributed by atoms with E-state index in [4.69, 9.17) is 0 Å². The third kappa shape index (κ3) is 3.02. The zero-order valence-electron chi connectivity index (χ0n) is 12.0. The van der Waals surface area contributed by atoms with Crippen LogP contribution in [0.3, 0.4) is 0 Å². The van der Waals surface area contributed by atoms with Crippen molar-refractivity contribution in [2.24, 2.45) is 5.92 Å². The van der Waals surface area contributed by atoms with Crippen LogP contribution < -0.4 is 0 Å². The van der Waals surface area contributed by atoms with Crippen LogP contribution in [0, 0.1) is 5.92 Å². The van der Waals surface area contributed by atoms with Crippen LogP contribution >= 0.6 is 0 Å². The van der Waals surface area contributed by atoms with Gasteiger partial charge in [0, 0.05) is 31.5 Å². The van der Waals surface area contributed by atoms with Gasteiger partial charge in [-0.25, -0.2) is 4.98 Å². The Morgan fingerprint density at radius 2 is 1.95 bits per heavy atom. The fraction of sp³-hybridized carbons (Fsp3) is 0.438. The van der Waals surface area contributed by atoms with Crippen molar-refractivity contribution in [2.45, 2.75) is 32.0 Å². The highest BCUT2D eigenvalue weighted by Gasteiger charge is 2.30. The second kappa shape index (κ2) is 5.76. The first-order chi connectivity index (χ1) is 10.5. The Kier molecular flexibility index (Phi) is 3.95. The van der Waals surface area contributed by atoms with Gasteiger partial charge in [-0.15, -0.1) is 0 Å². The number of aliphatic hydroxyl groups is 1. The first-order valence-corrected chi connectivity index (χ1v) is 7.27. The number of aromatic nitrogens is 2. The normalized spacial score (nSPS) is 18.3. The van der Waals surface area contributed by atoms with E-state index in [-0.39, 0.29) is 12.5 Å². The lowest BCUT2D eigenvalue weighted by molar-refractivity contribution is -0.137. The number of imidazole rings is 1. The van der Waals surface area contributed by atoms with Gasteiger partial charge in [0.05, 0.1) is 5.56 Å². The molecule has 22 heavy (non-hydrogen) atoms. The zero-order chi connectivity index (χ0) is 15.7. The molecule has 2 heterocycles. The molecule has 0 saturated heterocycles. The number of rotatable bonds is 3. The van der Waals surface area contributed by atoms with E-state index in [1.807, 2.05) is 0 Å². The monoisotopic (exact) mass is 310 g/mol. The van der Waals surface area contributed by atoms with Crippen LogP contribution in [0.25, 0.3) is 0 Å². The van der Waals surface area contributed by atoms with Crippen LogP contribution in [0.4, 0.5) is 13.2 Å². The lowest BCUT2D eigenvalue weighted by atomic mass is 9.97. The molecule has 0 bridgehead atoms. The maximum Gasteiger partial charge on any atom is 0.416 e. The predicted octanol–water partition coefficient (Wildman–Crippen LogP) is 3.05. The summed E-state index contributed by atoms with van der Waals surface area (Å²) in [6.45, 7) is 0.982. The van der Waals surface area contributed by atoms with Gasteiger partial charge in [0.15, 0.2) is 0 Å². The van der Waals surface area contributed by atoms with Gasteiger partial charge in [0.25, 0.3) is 0 Å². The van der Waals surface area contributed by atoms with Crippen molar-refractivity contribution >= 4 is 0 Å². The van der Waals surface area contributed by atoms with Crippen LogP contribution in [0.5, 0.6) is 0 Å². The molecule has 2 aromatic rings. The molecule has 3 nitrogen and oxygen atoms in total. The Balaban J connectivity index is 1.76. The van der Waals surface area contributed by atoms with Gasteiger partial charge < -0.3 is 9.67 Å². The van der Waals surface area contributed by atoms with Crippen molar-refractivity contribution in [1.82, 2.24) is 9.55 Å². The summed E-state index contributed by atoms with van der Waals surface area (Å²) in [6, 6.07) is 5.22. The number of alkyl halides is 3. The van der Waals surface area contributed by atoms with E-state index in [1.165, 1.54) is 12.1 Å². The van der Waals surface area contributed by atoms with Crippen molar-refractivity contribution in [2.75, 3.05) is 6.61 Å². The molecule has 3 rings (SSSR count). The smallest absolute Gasteiger partial charge is 0.396 e. The molecule has 0 spiro atoms. The van der Waals surface area contributed by atoms with Crippen LogP contribution in [0.15, 0.2) is 30.5 Å². The van der Waals surface area contributed by atoms with Crippen LogP contribution in [-0.2, 0) is 25.6 Å². The van der Waals surface area contributed by atoms with E-state index in [1.54, 1.807) is 6.20 Å². The first-order valence-electron chi connectivity index (χ1n) is 7.27. The Bertz CT molecular complexity index is 646. The maximum atomic E-state index is 12.6. The fourth-order valence-electron chi connectivity index (χ4n) is 2.89. The van der Waals surface area contributed by atoms with Gasteiger partial charge >= 0.3 is 6.18 Å². The van der Waals surface area contributed by atoms with Crippen LogP contribution in [-0.4, -0.2) is 21.3 Å². The van der Waals surface area contributed by atoms with Crippen LogP contribution in [0.2, 0.25) is 0 Å². The van der Waals surface area contributed by atoms with Crippen molar-refractivity contribution in [1.29, 1.82) is 0 Å². The topological polar surface area (TPSA) is 38.0 Å². The predicted molar refractivity (Wildman–Crippen MR) is 75.4 cm³/mol. The molecular formula is C16H17F3N2O. The van der Waals surface area contributed by atoms with Crippen molar-refractivity contribution in [3.05, 3.63) is 53.1 Å². The Hall–Kier alpha value is -1.82. The second-order valence-electron chi connectivity index (χ2n) is 5.73. The molecule has 1 N–H and O–H groups in total. The number of nitrogens with zero attached hydrogens (tertiary/aromatic N) is 2. The Morgan fingerprint density at radius 1 is 1.23 bits per heavy atom. The van der Waals surface area contributed by atoms with Crippen molar-refractivity contribution < 1.29 is 18.3 Å². The minimum Gasteiger partial charge on any atom is -0.396 e. The average molecular weight is 310 g/mol. The maximum absolute atomic E-state index is 12.6. The van der Waals surface area contributed by atoms with Gasteiger partial charge in [0.1, 0.15) is 5.82 Å². The summed E-state index contributed by atoms with van der Waals surface area (Å²) >= 11 is 0. The van der Waals surface area contributed by atoms with Crippen molar-refractivity contribution in [3.63, 3.8) is 0 Å². The summed E-state index contributed by atoms with van der Waals surface area (Å²) in [4.78, 5) is 4.39. The number of benzene rings is 1. The highest BCUT2D eigenvalue weighted by atomic mass is 19.4. The minimum atomic E-state index is -4.30. The molecule has 1 unspecified atom stereocenters. The molecule has 6 heteroatoms. The largest absolute Gasteiger partial charge is 0.416 e. The Labute approximate surface area is 126 Å². The lowest BCUT2D eigenvalue weighted by Crippen LogP contribution is -2.22. The molecule has 0 amide bonds. The molecule has 1 aromatic carbocycles. The van der Waals surface area contributed by atoms with E-state index >= 15 is 0 Å². The summed E-state index contributed by atoms with van der Waals surface area (Å²) in [7, 11) is 0. The summed E-state index contributed by atoms with van der Waals surface area (Å²) in [6.07, 6.45) is -0.274. The number of hydrogen-bond acceptors (Lipinski definition) is 2. The standard InChI is InChI=1S/C16H17F3N2O/c17-16(18,19)13-3-1-11(2-4-13)8-15-20-9-14-7-12(10-22)5-6-21(14)15/h1-4,9,12,22H,5-8,10H2. The highest BCUT2D eigenvalue weighted by molar-refractivity contribution is 5.27. The van der Waals surface area contributed by atoms with Gasteiger partial charge in [-0.05, 0) is 36.5 Å². The molecule has 1 aromatic heterocycles. The molecule has 118 valence electrons. The number of hydrogen-bond donors (Lipinski definition) is 1. The highest BCUT2D eigenvalue weighted by Crippen LogP contribution is 2.29. The third-order valence-electron chi connectivity index (χ3n) is 4.18. The molecule has 1 atom stereocenters.